The number of aromatic nitrogens is 2. The lowest BCUT2D eigenvalue weighted by atomic mass is 9.98. The quantitative estimate of drug-likeness (QED) is 0.572. The van der Waals surface area contributed by atoms with Crippen LogP contribution in [-0.2, 0) is 0 Å². The zero-order valence-corrected chi connectivity index (χ0v) is 12.9. The largest absolute Gasteiger partial charge is 0.271 e. The zero-order chi connectivity index (χ0) is 14.8. The maximum atomic E-state index is 5.81. The summed E-state index contributed by atoms with van der Waals surface area (Å²) in [4.78, 5) is 1.09. The van der Waals surface area contributed by atoms with E-state index in [0.29, 0.717) is 5.92 Å². The second kappa shape index (κ2) is 5.89. The normalized spacial score (nSPS) is 13.0. The van der Waals surface area contributed by atoms with Crippen molar-refractivity contribution >= 4 is 22.3 Å². The summed E-state index contributed by atoms with van der Waals surface area (Å²) in [6.07, 6.45) is 0. The second-order valence-electron chi connectivity index (χ2n) is 5.38. The Bertz CT molecular complexity index is 751. The van der Waals surface area contributed by atoms with E-state index in [9.17, 15) is 0 Å². The third-order valence-electron chi connectivity index (χ3n) is 3.62. The fraction of sp³-hybridized carbons (Fsp3) is 0.250. The van der Waals surface area contributed by atoms with Crippen LogP contribution in [0.3, 0.4) is 0 Å². The number of hydrazine groups is 1. The molecule has 0 saturated carbocycles. The molecular formula is C16H18N4S. The molecule has 0 amide bonds. The Morgan fingerprint density at radius 3 is 2.57 bits per heavy atom. The van der Waals surface area contributed by atoms with Gasteiger partial charge in [0.2, 0.25) is 0 Å². The van der Waals surface area contributed by atoms with Crippen molar-refractivity contribution in [2.45, 2.75) is 25.8 Å². The van der Waals surface area contributed by atoms with Crippen molar-refractivity contribution in [1.29, 1.82) is 0 Å². The van der Waals surface area contributed by atoms with Crippen LogP contribution in [0.15, 0.2) is 42.5 Å². The molecule has 108 valence electrons. The van der Waals surface area contributed by atoms with Gasteiger partial charge in [0.05, 0.1) is 16.6 Å². The molecule has 0 radical (unpaired) electrons. The van der Waals surface area contributed by atoms with Gasteiger partial charge in [-0.3, -0.25) is 5.84 Å². The van der Waals surface area contributed by atoms with Gasteiger partial charge in [-0.1, -0.05) is 54.7 Å². The van der Waals surface area contributed by atoms with Gasteiger partial charge in [-0.05, 0) is 39.9 Å². The second-order valence-corrected chi connectivity index (χ2v) is 6.17. The lowest BCUT2D eigenvalue weighted by Gasteiger charge is -2.17. The van der Waals surface area contributed by atoms with Gasteiger partial charge >= 0.3 is 0 Å². The molecule has 2 aromatic carbocycles. The van der Waals surface area contributed by atoms with Crippen LogP contribution in [0.5, 0.6) is 0 Å². The molecule has 0 aliphatic carbocycles. The van der Waals surface area contributed by atoms with Crippen molar-refractivity contribution in [2.75, 3.05) is 0 Å². The van der Waals surface area contributed by atoms with Gasteiger partial charge in [0.1, 0.15) is 0 Å². The molecule has 0 aliphatic rings. The van der Waals surface area contributed by atoms with Crippen LogP contribution < -0.4 is 11.3 Å². The maximum Gasteiger partial charge on any atom is 0.0837 e. The first-order chi connectivity index (χ1) is 10.2. The Morgan fingerprint density at radius 2 is 1.86 bits per heavy atom. The fourth-order valence-electron chi connectivity index (χ4n) is 2.52. The third kappa shape index (κ3) is 2.68. The average molecular weight is 298 g/mol. The van der Waals surface area contributed by atoms with Crippen molar-refractivity contribution in [3.05, 3.63) is 58.6 Å². The average Bonchev–Trinajstić information content (AvgIpc) is 2.97. The summed E-state index contributed by atoms with van der Waals surface area (Å²) in [5.41, 5.74) is 5.05. The number of rotatable bonds is 4. The van der Waals surface area contributed by atoms with Crippen molar-refractivity contribution in [3.8, 4) is 0 Å². The Hall–Kier alpha value is -1.82. The number of hydrogen-bond acceptors (Lipinski definition) is 5. The predicted octanol–water partition coefficient (Wildman–Crippen LogP) is 3.37. The Kier molecular flexibility index (Phi) is 3.96. The first-order valence-corrected chi connectivity index (χ1v) is 7.75. The number of benzene rings is 2. The van der Waals surface area contributed by atoms with Crippen LogP contribution in [0, 0.1) is 0 Å². The maximum absolute atomic E-state index is 5.81. The van der Waals surface area contributed by atoms with Crippen molar-refractivity contribution in [3.63, 3.8) is 0 Å². The van der Waals surface area contributed by atoms with E-state index in [1.165, 1.54) is 22.3 Å². The van der Waals surface area contributed by atoms with Gasteiger partial charge < -0.3 is 0 Å². The summed E-state index contributed by atoms with van der Waals surface area (Å²) in [7, 11) is 0. The first-order valence-electron chi connectivity index (χ1n) is 6.97. The van der Waals surface area contributed by atoms with E-state index in [4.69, 9.17) is 5.84 Å². The zero-order valence-electron chi connectivity index (χ0n) is 12.1. The van der Waals surface area contributed by atoms with Crippen LogP contribution in [0.2, 0.25) is 0 Å². The minimum Gasteiger partial charge on any atom is -0.271 e. The monoisotopic (exact) mass is 298 g/mol. The van der Waals surface area contributed by atoms with Gasteiger partial charge in [-0.15, -0.1) is 5.10 Å². The molecular weight excluding hydrogens is 280 g/mol. The lowest BCUT2D eigenvalue weighted by molar-refractivity contribution is 0.632. The van der Waals surface area contributed by atoms with E-state index in [0.717, 1.165) is 16.1 Å². The Morgan fingerprint density at radius 1 is 1.10 bits per heavy atom. The number of nitrogens with zero attached hydrogens (tertiary/aromatic N) is 2. The molecule has 0 fully saturated rings. The molecule has 4 nitrogen and oxygen atoms in total. The van der Waals surface area contributed by atoms with E-state index in [1.54, 1.807) is 0 Å². The highest BCUT2D eigenvalue weighted by Gasteiger charge is 2.21. The number of hydrogen-bond donors (Lipinski definition) is 2. The van der Waals surface area contributed by atoms with Crippen LogP contribution in [-0.4, -0.2) is 9.59 Å². The third-order valence-corrected chi connectivity index (χ3v) is 4.43. The van der Waals surface area contributed by atoms with E-state index >= 15 is 0 Å². The van der Waals surface area contributed by atoms with Gasteiger partial charge in [0.15, 0.2) is 0 Å². The molecule has 0 spiro atoms. The minimum atomic E-state index is -0.0768. The molecule has 3 rings (SSSR count). The van der Waals surface area contributed by atoms with E-state index in [-0.39, 0.29) is 6.04 Å². The molecule has 1 atom stereocenters. The van der Waals surface area contributed by atoms with E-state index < -0.39 is 0 Å². The molecule has 0 aliphatic heterocycles. The lowest BCUT2D eigenvalue weighted by Crippen LogP contribution is -2.29. The van der Waals surface area contributed by atoms with Gasteiger partial charge in [-0.2, -0.15) is 0 Å². The van der Waals surface area contributed by atoms with E-state index in [1.807, 2.05) is 12.1 Å². The van der Waals surface area contributed by atoms with Crippen LogP contribution >= 0.6 is 11.5 Å². The minimum absolute atomic E-state index is 0.0768. The Labute approximate surface area is 128 Å². The van der Waals surface area contributed by atoms with Crippen molar-refractivity contribution in [2.24, 2.45) is 5.84 Å². The van der Waals surface area contributed by atoms with Crippen LogP contribution in [0.1, 0.15) is 41.9 Å². The number of nitrogens with one attached hydrogen (secondary N) is 1. The topological polar surface area (TPSA) is 63.8 Å². The summed E-state index contributed by atoms with van der Waals surface area (Å²) in [5.74, 6) is 6.14. The summed E-state index contributed by atoms with van der Waals surface area (Å²) in [6.45, 7) is 4.24. The highest BCUT2D eigenvalue weighted by molar-refractivity contribution is 7.05. The Balaban J connectivity index is 2.07. The fourth-order valence-corrected chi connectivity index (χ4v) is 3.41. The summed E-state index contributed by atoms with van der Waals surface area (Å²) in [5, 5.41) is 6.68. The number of fused-ring (bicyclic) bond motifs is 1. The summed E-state index contributed by atoms with van der Waals surface area (Å²) >= 11 is 1.41. The summed E-state index contributed by atoms with van der Waals surface area (Å²) < 4.78 is 4.10. The molecule has 3 aromatic rings. The SMILES string of the molecule is CC(C)c1nnsc1C(NN)c1ccc2ccccc2c1. The van der Waals surface area contributed by atoms with Gasteiger partial charge in [0.25, 0.3) is 0 Å². The van der Waals surface area contributed by atoms with Crippen LogP contribution in [0.25, 0.3) is 10.8 Å². The standard InChI is InChI=1S/C16H18N4S/c1-10(2)14-16(21-20-19-14)15(18-17)13-8-7-11-5-3-4-6-12(11)9-13/h3-10,15,18H,17H2,1-2H3. The molecule has 0 saturated heterocycles. The molecule has 3 N–H and O–H groups in total. The highest BCUT2D eigenvalue weighted by atomic mass is 32.1. The number of nitrogens with two attached hydrogens (primary N) is 1. The summed E-state index contributed by atoms with van der Waals surface area (Å²) in [6, 6.07) is 14.6. The first kappa shape index (κ1) is 14.1. The highest BCUT2D eigenvalue weighted by Crippen LogP contribution is 2.31. The van der Waals surface area contributed by atoms with E-state index in [2.05, 4.69) is 59.2 Å². The molecule has 1 heterocycles. The molecule has 1 unspecified atom stereocenters. The van der Waals surface area contributed by atoms with Gasteiger partial charge in [0, 0.05) is 0 Å². The predicted molar refractivity (Wildman–Crippen MR) is 87.1 cm³/mol. The molecule has 1 aromatic heterocycles. The smallest absolute Gasteiger partial charge is 0.0837 e. The van der Waals surface area contributed by atoms with Crippen molar-refractivity contribution in [1.82, 2.24) is 15.0 Å². The van der Waals surface area contributed by atoms with Gasteiger partial charge in [-0.25, -0.2) is 5.43 Å². The molecule has 5 heteroatoms. The molecule has 0 bridgehead atoms. The molecule has 21 heavy (non-hydrogen) atoms. The van der Waals surface area contributed by atoms with Crippen molar-refractivity contribution < 1.29 is 0 Å². The van der Waals surface area contributed by atoms with Crippen LogP contribution in [0.4, 0.5) is 0 Å².